The van der Waals surface area contributed by atoms with Gasteiger partial charge in [-0.1, -0.05) is 0 Å². The Morgan fingerprint density at radius 2 is 2.06 bits per heavy atom. The summed E-state index contributed by atoms with van der Waals surface area (Å²) in [5.41, 5.74) is 5.48. The van der Waals surface area contributed by atoms with Gasteiger partial charge < -0.3 is 20.3 Å². The van der Waals surface area contributed by atoms with Gasteiger partial charge in [-0.3, -0.25) is 0 Å². The summed E-state index contributed by atoms with van der Waals surface area (Å²) < 4.78 is 5.02. The first-order chi connectivity index (χ1) is 8.27. The number of carbonyl (C=O) groups is 1. The van der Waals surface area contributed by atoms with Gasteiger partial charge >= 0.3 is 6.09 Å². The van der Waals surface area contributed by atoms with E-state index in [0.717, 1.165) is 58.5 Å². The lowest BCUT2D eigenvalue weighted by Crippen LogP contribution is -2.35. The normalized spacial score (nSPS) is 17.9. The van der Waals surface area contributed by atoms with Crippen LogP contribution < -0.4 is 5.73 Å². The van der Waals surface area contributed by atoms with Crippen LogP contribution in [0, 0.1) is 0 Å². The van der Waals surface area contributed by atoms with E-state index in [1.165, 1.54) is 0 Å². The minimum Gasteiger partial charge on any atom is -0.450 e. The van der Waals surface area contributed by atoms with Crippen molar-refractivity contribution in [2.45, 2.75) is 26.2 Å². The van der Waals surface area contributed by atoms with E-state index in [4.69, 9.17) is 10.5 Å². The lowest BCUT2D eigenvalue weighted by Gasteiger charge is -2.21. The highest BCUT2D eigenvalue weighted by molar-refractivity contribution is 5.67. The molecule has 0 unspecified atom stereocenters. The number of nitrogens with zero attached hydrogens (tertiary/aromatic N) is 2. The van der Waals surface area contributed by atoms with Crippen LogP contribution in [0.3, 0.4) is 0 Å². The van der Waals surface area contributed by atoms with E-state index < -0.39 is 0 Å². The number of carbonyl (C=O) groups excluding carboxylic acids is 1. The first-order valence-corrected chi connectivity index (χ1v) is 6.62. The van der Waals surface area contributed by atoms with Gasteiger partial charge in [0.1, 0.15) is 0 Å². The van der Waals surface area contributed by atoms with Crippen LogP contribution in [-0.4, -0.2) is 61.8 Å². The molecule has 0 spiro atoms. The summed E-state index contributed by atoms with van der Waals surface area (Å²) in [6.07, 6.45) is 3.09. The van der Waals surface area contributed by atoms with Crippen molar-refractivity contribution < 1.29 is 9.53 Å². The Labute approximate surface area is 104 Å². The minimum absolute atomic E-state index is 0.170. The molecule has 5 heteroatoms. The Balaban J connectivity index is 2.26. The molecule has 5 nitrogen and oxygen atoms in total. The molecule has 0 radical (unpaired) electrons. The summed E-state index contributed by atoms with van der Waals surface area (Å²) >= 11 is 0. The third-order valence-electron chi connectivity index (χ3n) is 3.04. The fourth-order valence-corrected chi connectivity index (χ4v) is 2.07. The van der Waals surface area contributed by atoms with Crippen molar-refractivity contribution in [1.82, 2.24) is 9.80 Å². The lowest BCUT2D eigenvalue weighted by atomic mass is 10.3. The fraction of sp³-hybridized carbons (Fsp3) is 0.917. The average molecular weight is 243 g/mol. The van der Waals surface area contributed by atoms with E-state index in [1.807, 2.05) is 11.8 Å². The zero-order chi connectivity index (χ0) is 12.5. The van der Waals surface area contributed by atoms with Gasteiger partial charge in [-0.05, 0) is 45.8 Å². The molecule has 0 aliphatic carbocycles. The zero-order valence-electron chi connectivity index (χ0n) is 10.9. The molecule has 100 valence electrons. The Bertz CT molecular complexity index is 224. The minimum atomic E-state index is -0.170. The predicted octanol–water partition coefficient (Wildman–Crippen LogP) is 0.890. The lowest BCUT2D eigenvalue weighted by molar-refractivity contribution is 0.108. The predicted molar refractivity (Wildman–Crippen MR) is 67.9 cm³/mol. The zero-order valence-corrected chi connectivity index (χ0v) is 10.9. The van der Waals surface area contributed by atoms with Crippen molar-refractivity contribution >= 4 is 6.09 Å². The van der Waals surface area contributed by atoms with Crippen molar-refractivity contribution in [1.29, 1.82) is 0 Å². The molecule has 1 fully saturated rings. The van der Waals surface area contributed by atoms with Gasteiger partial charge in [0.05, 0.1) is 6.61 Å². The second-order valence-electron chi connectivity index (χ2n) is 4.38. The van der Waals surface area contributed by atoms with Gasteiger partial charge in [0.15, 0.2) is 0 Å². The monoisotopic (exact) mass is 243 g/mol. The molecule has 2 N–H and O–H groups in total. The van der Waals surface area contributed by atoms with Crippen LogP contribution >= 0.6 is 0 Å². The average Bonchev–Trinajstić information content (AvgIpc) is 2.55. The standard InChI is InChI=1S/C12H25N3O2/c1-2-17-12(16)15-9-5-8-14(10-11-15)7-4-3-6-13/h2-11,13H2,1H3. The van der Waals surface area contributed by atoms with E-state index in [2.05, 4.69) is 4.90 Å². The van der Waals surface area contributed by atoms with E-state index in [-0.39, 0.29) is 6.09 Å². The maximum absolute atomic E-state index is 11.6. The Kier molecular flexibility index (Phi) is 6.96. The summed E-state index contributed by atoms with van der Waals surface area (Å²) in [5, 5.41) is 0. The summed E-state index contributed by atoms with van der Waals surface area (Å²) in [4.78, 5) is 15.8. The third-order valence-corrected chi connectivity index (χ3v) is 3.04. The number of hydrogen-bond donors (Lipinski definition) is 1. The van der Waals surface area contributed by atoms with Gasteiger partial charge in [-0.15, -0.1) is 0 Å². The molecular formula is C12H25N3O2. The molecule has 1 rings (SSSR count). The molecule has 1 saturated heterocycles. The molecule has 1 aliphatic rings. The van der Waals surface area contributed by atoms with Gasteiger partial charge in [0, 0.05) is 19.6 Å². The van der Waals surface area contributed by atoms with Crippen molar-refractivity contribution in [3.05, 3.63) is 0 Å². The number of unbranched alkanes of at least 4 members (excludes halogenated alkanes) is 1. The molecular weight excluding hydrogens is 218 g/mol. The first-order valence-electron chi connectivity index (χ1n) is 6.62. The number of nitrogens with two attached hydrogens (primary N) is 1. The van der Waals surface area contributed by atoms with Crippen LogP contribution in [-0.2, 0) is 4.74 Å². The third kappa shape index (κ3) is 5.37. The first kappa shape index (κ1) is 14.3. The van der Waals surface area contributed by atoms with E-state index >= 15 is 0 Å². The Morgan fingerprint density at radius 3 is 2.76 bits per heavy atom. The quantitative estimate of drug-likeness (QED) is 0.729. The number of ether oxygens (including phenoxy) is 1. The van der Waals surface area contributed by atoms with Crippen molar-refractivity contribution in [3.63, 3.8) is 0 Å². The fourth-order valence-electron chi connectivity index (χ4n) is 2.07. The summed E-state index contributed by atoms with van der Waals surface area (Å²) in [6, 6.07) is 0. The Morgan fingerprint density at radius 1 is 1.24 bits per heavy atom. The molecule has 1 aliphatic heterocycles. The molecule has 0 aromatic rings. The molecule has 0 atom stereocenters. The van der Waals surface area contributed by atoms with Crippen LogP contribution in [0.4, 0.5) is 4.79 Å². The molecule has 0 aromatic carbocycles. The van der Waals surface area contributed by atoms with Crippen LogP contribution in [0.15, 0.2) is 0 Å². The maximum atomic E-state index is 11.6. The second kappa shape index (κ2) is 8.31. The van der Waals surface area contributed by atoms with Crippen LogP contribution in [0.2, 0.25) is 0 Å². The van der Waals surface area contributed by atoms with Crippen LogP contribution in [0.1, 0.15) is 26.2 Å². The van der Waals surface area contributed by atoms with Gasteiger partial charge in [0.25, 0.3) is 0 Å². The second-order valence-corrected chi connectivity index (χ2v) is 4.38. The SMILES string of the molecule is CCOC(=O)N1CCCN(CCCCN)CC1. The summed E-state index contributed by atoms with van der Waals surface area (Å²) in [6.45, 7) is 7.76. The smallest absolute Gasteiger partial charge is 0.409 e. The van der Waals surface area contributed by atoms with E-state index in [1.54, 1.807) is 0 Å². The van der Waals surface area contributed by atoms with Gasteiger partial charge in [0.2, 0.25) is 0 Å². The molecule has 0 aromatic heterocycles. The highest BCUT2D eigenvalue weighted by Crippen LogP contribution is 2.06. The highest BCUT2D eigenvalue weighted by atomic mass is 16.6. The van der Waals surface area contributed by atoms with Gasteiger partial charge in [-0.2, -0.15) is 0 Å². The van der Waals surface area contributed by atoms with Crippen molar-refractivity contribution in [2.75, 3.05) is 45.9 Å². The molecule has 17 heavy (non-hydrogen) atoms. The number of amides is 1. The maximum Gasteiger partial charge on any atom is 0.409 e. The highest BCUT2D eigenvalue weighted by Gasteiger charge is 2.19. The summed E-state index contributed by atoms with van der Waals surface area (Å²) in [7, 11) is 0. The number of rotatable bonds is 5. The molecule has 0 saturated carbocycles. The van der Waals surface area contributed by atoms with Gasteiger partial charge in [-0.25, -0.2) is 4.79 Å². The van der Waals surface area contributed by atoms with Crippen molar-refractivity contribution in [2.24, 2.45) is 5.73 Å². The van der Waals surface area contributed by atoms with Crippen molar-refractivity contribution in [3.8, 4) is 0 Å². The summed E-state index contributed by atoms with van der Waals surface area (Å²) in [5.74, 6) is 0. The largest absolute Gasteiger partial charge is 0.450 e. The van der Waals surface area contributed by atoms with Crippen LogP contribution in [0.5, 0.6) is 0 Å². The van der Waals surface area contributed by atoms with Crippen LogP contribution in [0.25, 0.3) is 0 Å². The van der Waals surface area contributed by atoms with E-state index in [0.29, 0.717) is 6.61 Å². The molecule has 1 amide bonds. The Hall–Kier alpha value is -0.810. The topological polar surface area (TPSA) is 58.8 Å². The molecule has 1 heterocycles. The molecule has 0 bridgehead atoms. The van der Waals surface area contributed by atoms with E-state index in [9.17, 15) is 4.79 Å². The number of hydrogen-bond acceptors (Lipinski definition) is 4.